The summed E-state index contributed by atoms with van der Waals surface area (Å²) >= 11 is 0. The lowest BCUT2D eigenvalue weighted by atomic mass is 9.48. The van der Waals surface area contributed by atoms with Gasteiger partial charge in [0.05, 0.1) is 0 Å². The fraction of sp³-hybridized carbons (Fsp3) is 0.810. The minimum Gasteiger partial charge on any atom is -0.465 e. The number of fused-ring (bicyclic) bond motifs is 5. The molecule has 24 heavy (non-hydrogen) atoms. The molecule has 4 rings (SSSR count). The Morgan fingerprint density at radius 3 is 2.83 bits per heavy atom. The first-order valence-corrected chi connectivity index (χ1v) is 9.83. The number of hydrogen-bond donors (Lipinski definition) is 0. The average Bonchev–Trinajstić information content (AvgIpc) is 2.88. The molecule has 5 atom stereocenters. The summed E-state index contributed by atoms with van der Waals surface area (Å²) in [5.74, 6) is 2.08. The zero-order chi connectivity index (χ0) is 16.9. The van der Waals surface area contributed by atoms with E-state index in [9.17, 15) is 9.59 Å². The fourth-order valence-corrected chi connectivity index (χ4v) is 6.75. The van der Waals surface area contributed by atoms with Crippen LogP contribution in [0.25, 0.3) is 0 Å². The fourth-order valence-electron chi connectivity index (χ4n) is 6.75. The van der Waals surface area contributed by atoms with E-state index >= 15 is 0 Å². The number of rotatable bonds is 2. The molecule has 0 heterocycles. The third-order valence-electron chi connectivity index (χ3n) is 7.98. The third kappa shape index (κ3) is 2.23. The molecular weight excluding hydrogens is 300 g/mol. The molecular formula is C21H30O3. The zero-order valence-electron chi connectivity index (χ0n) is 15.1. The molecule has 3 nitrogen and oxygen atoms in total. The van der Waals surface area contributed by atoms with Gasteiger partial charge in [0.2, 0.25) is 0 Å². The maximum Gasteiger partial charge on any atom is 0.302 e. The summed E-state index contributed by atoms with van der Waals surface area (Å²) in [5, 5.41) is 0. The maximum atomic E-state index is 12.5. The van der Waals surface area contributed by atoms with Gasteiger partial charge in [-0.15, -0.1) is 0 Å². The highest BCUT2D eigenvalue weighted by atomic mass is 16.5. The van der Waals surface area contributed by atoms with Crippen molar-refractivity contribution in [3.8, 4) is 0 Å². The Bertz CT molecular complexity index is 592. The van der Waals surface area contributed by atoms with Crippen molar-refractivity contribution in [1.29, 1.82) is 0 Å². The van der Waals surface area contributed by atoms with Gasteiger partial charge in [-0.05, 0) is 62.7 Å². The van der Waals surface area contributed by atoms with Crippen LogP contribution in [0.5, 0.6) is 0 Å². The van der Waals surface area contributed by atoms with Crippen LogP contribution in [0.1, 0.15) is 71.6 Å². The van der Waals surface area contributed by atoms with Crippen LogP contribution in [0.3, 0.4) is 0 Å². The van der Waals surface area contributed by atoms with E-state index in [-0.39, 0.29) is 16.8 Å². The summed E-state index contributed by atoms with van der Waals surface area (Å²) in [6, 6.07) is 0. The van der Waals surface area contributed by atoms with Crippen molar-refractivity contribution in [2.24, 2.45) is 28.6 Å². The minimum absolute atomic E-state index is 0.0693. The topological polar surface area (TPSA) is 43.4 Å². The molecule has 0 aromatic rings. The second-order valence-corrected chi connectivity index (χ2v) is 8.90. The molecule has 0 bridgehead atoms. The third-order valence-corrected chi connectivity index (χ3v) is 7.98. The second-order valence-electron chi connectivity index (χ2n) is 8.90. The van der Waals surface area contributed by atoms with Crippen molar-refractivity contribution >= 4 is 11.8 Å². The van der Waals surface area contributed by atoms with E-state index in [0.717, 1.165) is 38.5 Å². The number of ketones is 1. The molecule has 0 radical (unpaired) electrons. The minimum atomic E-state index is -0.159. The molecule has 0 unspecified atom stereocenters. The Morgan fingerprint density at radius 2 is 2.04 bits per heavy atom. The lowest BCUT2D eigenvalue weighted by Gasteiger charge is -2.57. The maximum absolute atomic E-state index is 12.5. The van der Waals surface area contributed by atoms with Gasteiger partial charge in [-0.25, -0.2) is 0 Å². The molecule has 0 aromatic carbocycles. The predicted molar refractivity (Wildman–Crippen MR) is 92.3 cm³/mol. The molecule has 4 aliphatic rings. The van der Waals surface area contributed by atoms with Crippen LogP contribution in [0, 0.1) is 28.6 Å². The van der Waals surface area contributed by atoms with Crippen LogP contribution in [0.2, 0.25) is 0 Å². The van der Waals surface area contributed by atoms with Gasteiger partial charge in [0.15, 0.2) is 0 Å². The molecule has 0 aromatic heterocycles. The van der Waals surface area contributed by atoms with Gasteiger partial charge in [-0.1, -0.05) is 25.0 Å². The van der Waals surface area contributed by atoms with Crippen molar-refractivity contribution in [1.82, 2.24) is 0 Å². The molecule has 0 aliphatic heterocycles. The van der Waals surface area contributed by atoms with Crippen LogP contribution in [0.15, 0.2) is 11.6 Å². The molecule has 4 aliphatic carbocycles. The second kappa shape index (κ2) is 5.71. The molecule has 0 saturated heterocycles. The number of carbonyl (C=O) groups is 2. The quantitative estimate of drug-likeness (QED) is 0.555. The van der Waals surface area contributed by atoms with Gasteiger partial charge < -0.3 is 4.74 Å². The van der Waals surface area contributed by atoms with Crippen molar-refractivity contribution in [3.05, 3.63) is 11.6 Å². The molecule has 3 fully saturated rings. The molecule has 0 amide bonds. The van der Waals surface area contributed by atoms with Crippen LogP contribution < -0.4 is 0 Å². The van der Waals surface area contributed by atoms with Crippen molar-refractivity contribution in [2.45, 2.75) is 71.6 Å². The van der Waals surface area contributed by atoms with Crippen LogP contribution >= 0.6 is 0 Å². The monoisotopic (exact) mass is 330 g/mol. The van der Waals surface area contributed by atoms with E-state index in [1.807, 2.05) is 0 Å². The van der Waals surface area contributed by atoms with Gasteiger partial charge in [0, 0.05) is 24.2 Å². The summed E-state index contributed by atoms with van der Waals surface area (Å²) in [4.78, 5) is 24.0. The van der Waals surface area contributed by atoms with Gasteiger partial charge in [0.25, 0.3) is 0 Å². The summed E-state index contributed by atoms with van der Waals surface area (Å²) in [5.41, 5.74) is 1.55. The average molecular weight is 330 g/mol. The predicted octanol–water partition coefficient (Wildman–Crippen LogP) is 4.45. The standard InChI is InChI=1S/C21H30O3/c1-14(22)24-13-21-11-4-3-5-15(21)6-7-16-17-8-9-19(23)20(17,2)12-10-18(16)21/h6,16-18H,3-5,7-13H2,1-2H3/t16-,17-,18-,20-,21+/m0/s1. The number of ether oxygens (including phenoxy) is 1. The van der Waals surface area contributed by atoms with Gasteiger partial charge in [-0.2, -0.15) is 0 Å². The molecule has 3 heteroatoms. The number of esters is 1. The largest absolute Gasteiger partial charge is 0.465 e. The first-order valence-electron chi connectivity index (χ1n) is 9.83. The van der Waals surface area contributed by atoms with E-state index in [4.69, 9.17) is 4.74 Å². The molecule has 0 spiro atoms. The highest BCUT2D eigenvalue weighted by Crippen LogP contribution is 2.64. The molecule has 132 valence electrons. The first kappa shape index (κ1) is 16.4. The number of Topliss-reactive ketones (excluding diaryl/α,β-unsaturated/α-hetero) is 1. The lowest BCUT2D eigenvalue weighted by molar-refractivity contribution is -0.149. The van der Waals surface area contributed by atoms with E-state index in [1.165, 1.54) is 26.2 Å². The molecule has 3 saturated carbocycles. The summed E-state index contributed by atoms with van der Waals surface area (Å²) in [6.07, 6.45) is 12.5. The van der Waals surface area contributed by atoms with Gasteiger partial charge in [-0.3, -0.25) is 9.59 Å². The summed E-state index contributed by atoms with van der Waals surface area (Å²) < 4.78 is 5.60. The van der Waals surface area contributed by atoms with E-state index in [2.05, 4.69) is 13.0 Å². The summed E-state index contributed by atoms with van der Waals surface area (Å²) in [6.45, 7) is 4.31. The first-order chi connectivity index (χ1) is 11.5. The van der Waals surface area contributed by atoms with Gasteiger partial charge in [0.1, 0.15) is 12.4 Å². The Morgan fingerprint density at radius 1 is 1.21 bits per heavy atom. The van der Waals surface area contributed by atoms with Gasteiger partial charge >= 0.3 is 5.97 Å². The van der Waals surface area contributed by atoms with E-state index < -0.39 is 0 Å². The van der Waals surface area contributed by atoms with E-state index in [0.29, 0.717) is 30.1 Å². The Balaban J connectivity index is 1.69. The highest BCUT2D eigenvalue weighted by Gasteiger charge is 2.59. The number of allylic oxidation sites excluding steroid dienone is 1. The van der Waals surface area contributed by atoms with Crippen molar-refractivity contribution in [3.63, 3.8) is 0 Å². The normalized spacial score (nSPS) is 44.2. The zero-order valence-corrected chi connectivity index (χ0v) is 15.1. The Labute approximate surface area is 145 Å². The molecule has 0 N–H and O–H groups in total. The Hall–Kier alpha value is -1.12. The smallest absolute Gasteiger partial charge is 0.302 e. The van der Waals surface area contributed by atoms with Crippen LogP contribution in [0.4, 0.5) is 0 Å². The summed E-state index contributed by atoms with van der Waals surface area (Å²) in [7, 11) is 0. The SMILES string of the molecule is CC(=O)OC[C@]12CCCCC1=CC[C@@H]1[C@@H]2CC[C@]2(C)C(=O)CC[C@@H]12. The van der Waals surface area contributed by atoms with E-state index in [1.54, 1.807) is 5.57 Å². The Kier molecular flexibility index (Phi) is 3.89. The van der Waals surface area contributed by atoms with Crippen LogP contribution in [-0.2, 0) is 14.3 Å². The number of carbonyl (C=O) groups excluding carboxylic acids is 2. The number of hydrogen-bond acceptors (Lipinski definition) is 3. The highest BCUT2D eigenvalue weighted by molar-refractivity contribution is 5.87. The van der Waals surface area contributed by atoms with Crippen LogP contribution in [-0.4, -0.2) is 18.4 Å². The lowest BCUT2D eigenvalue weighted by Crippen LogP contribution is -2.52. The van der Waals surface area contributed by atoms with Crippen molar-refractivity contribution in [2.75, 3.05) is 6.61 Å². The van der Waals surface area contributed by atoms with Crippen molar-refractivity contribution < 1.29 is 14.3 Å².